The zero-order valence-corrected chi connectivity index (χ0v) is 10.8. The summed E-state index contributed by atoms with van der Waals surface area (Å²) in [6.45, 7) is 4.70. The minimum atomic E-state index is -0.704. The Morgan fingerprint density at radius 3 is 2.47 bits per heavy atom. The van der Waals surface area contributed by atoms with Crippen LogP contribution in [0.25, 0.3) is 0 Å². The van der Waals surface area contributed by atoms with Crippen molar-refractivity contribution in [3.05, 3.63) is 33.9 Å². The van der Waals surface area contributed by atoms with Crippen molar-refractivity contribution in [3.8, 4) is 5.75 Å². The normalized spacial score (nSPS) is 10.1. The van der Waals surface area contributed by atoms with Gasteiger partial charge in [-0.05, 0) is 26.0 Å². The Hall–Kier alpha value is -2.44. The van der Waals surface area contributed by atoms with Gasteiger partial charge in [-0.2, -0.15) is 0 Å². The zero-order valence-electron chi connectivity index (χ0n) is 10.8. The van der Waals surface area contributed by atoms with Crippen LogP contribution in [-0.4, -0.2) is 22.8 Å². The van der Waals surface area contributed by atoms with Crippen LogP contribution in [0.1, 0.15) is 31.1 Å². The maximum Gasteiger partial charge on any atom is 0.312 e. The van der Waals surface area contributed by atoms with Crippen molar-refractivity contribution in [2.75, 3.05) is 0 Å². The standard InChI is InChI=1S/C12H14N2O5/c1-7(2)13-12(16)9-4-5-11(19-8(3)15)10(6-9)14(17)18/h4-7H,1-3H3,(H,13,16). The number of benzene rings is 1. The highest BCUT2D eigenvalue weighted by Crippen LogP contribution is 2.28. The molecule has 0 saturated carbocycles. The topological polar surface area (TPSA) is 98.5 Å². The molecule has 0 unspecified atom stereocenters. The Kier molecular flexibility index (Phi) is 4.57. The summed E-state index contributed by atoms with van der Waals surface area (Å²) in [7, 11) is 0. The van der Waals surface area contributed by atoms with Gasteiger partial charge >= 0.3 is 11.7 Å². The number of carbonyl (C=O) groups is 2. The second-order valence-corrected chi connectivity index (χ2v) is 4.16. The number of carbonyl (C=O) groups excluding carboxylic acids is 2. The lowest BCUT2D eigenvalue weighted by molar-refractivity contribution is -0.385. The monoisotopic (exact) mass is 266 g/mol. The first-order valence-electron chi connectivity index (χ1n) is 5.59. The second kappa shape index (κ2) is 5.94. The quantitative estimate of drug-likeness (QED) is 0.386. The minimum absolute atomic E-state index is 0.0836. The van der Waals surface area contributed by atoms with Gasteiger partial charge in [-0.3, -0.25) is 19.7 Å². The third-order valence-corrected chi connectivity index (χ3v) is 2.09. The molecule has 1 aromatic rings. The molecule has 0 heterocycles. The summed E-state index contributed by atoms with van der Waals surface area (Å²) in [5, 5.41) is 13.5. The highest BCUT2D eigenvalue weighted by atomic mass is 16.6. The zero-order chi connectivity index (χ0) is 14.6. The van der Waals surface area contributed by atoms with Crippen LogP contribution < -0.4 is 10.1 Å². The van der Waals surface area contributed by atoms with E-state index >= 15 is 0 Å². The smallest absolute Gasteiger partial charge is 0.312 e. The Bertz CT molecular complexity index is 525. The Balaban J connectivity index is 3.12. The largest absolute Gasteiger partial charge is 0.419 e. The van der Waals surface area contributed by atoms with Crippen LogP contribution in [0.3, 0.4) is 0 Å². The number of ether oxygens (including phenoxy) is 1. The average Bonchev–Trinajstić information content (AvgIpc) is 2.27. The summed E-state index contributed by atoms with van der Waals surface area (Å²) in [6, 6.07) is 3.59. The number of nitro benzene ring substituents is 1. The molecule has 7 heteroatoms. The van der Waals surface area contributed by atoms with Gasteiger partial charge in [-0.25, -0.2) is 0 Å². The Morgan fingerprint density at radius 2 is 2.00 bits per heavy atom. The maximum atomic E-state index is 11.7. The van der Waals surface area contributed by atoms with Crippen LogP contribution >= 0.6 is 0 Å². The third kappa shape index (κ3) is 4.06. The molecule has 0 aliphatic heterocycles. The van der Waals surface area contributed by atoms with E-state index in [0.717, 1.165) is 13.0 Å². The van der Waals surface area contributed by atoms with Crippen molar-refractivity contribution in [2.24, 2.45) is 0 Å². The summed E-state index contributed by atoms with van der Waals surface area (Å²) in [4.78, 5) is 32.7. The lowest BCUT2D eigenvalue weighted by Crippen LogP contribution is -2.30. The van der Waals surface area contributed by atoms with Gasteiger partial charge in [-0.1, -0.05) is 0 Å². The van der Waals surface area contributed by atoms with Crippen LogP contribution in [0.2, 0.25) is 0 Å². The van der Waals surface area contributed by atoms with Gasteiger partial charge in [0.05, 0.1) is 4.92 Å². The summed E-state index contributed by atoms with van der Waals surface area (Å²) in [5.74, 6) is -1.27. The van der Waals surface area contributed by atoms with E-state index in [-0.39, 0.29) is 17.4 Å². The minimum Gasteiger partial charge on any atom is -0.419 e. The third-order valence-electron chi connectivity index (χ3n) is 2.09. The van der Waals surface area contributed by atoms with Crippen molar-refractivity contribution >= 4 is 17.6 Å². The predicted octanol–water partition coefficient (Wildman–Crippen LogP) is 1.66. The van der Waals surface area contributed by atoms with Gasteiger partial charge in [0, 0.05) is 24.6 Å². The van der Waals surface area contributed by atoms with Crippen molar-refractivity contribution < 1.29 is 19.2 Å². The molecule has 0 saturated heterocycles. The van der Waals surface area contributed by atoms with Crippen molar-refractivity contribution in [1.82, 2.24) is 5.32 Å². The molecule has 7 nitrogen and oxygen atoms in total. The molecule has 102 valence electrons. The van der Waals surface area contributed by atoms with Gasteiger partial charge in [0.1, 0.15) is 0 Å². The fourth-order valence-electron chi connectivity index (χ4n) is 1.39. The molecule has 0 aliphatic rings. The van der Waals surface area contributed by atoms with Gasteiger partial charge < -0.3 is 10.1 Å². The first-order valence-corrected chi connectivity index (χ1v) is 5.59. The van der Waals surface area contributed by atoms with E-state index in [9.17, 15) is 19.7 Å². The highest BCUT2D eigenvalue weighted by molar-refractivity contribution is 5.95. The molecule has 1 rings (SSSR count). The summed E-state index contributed by atoms with van der Waals surface area (Å²) < 4.78 is 4.71. The van der Waals surface area contributed by atoms with Crippen LogP contribution in [0, 0.1) is 10.1 Å². The van der Waals surface area contributed by atoms with Crippen LogP contribution in [-0.2, 0) is 4.79 Å². The van der Waals surface area contributed by atoms with Gasteiger partial charge in [0.15, 0.2) is 0 Å². The number of hydrogen-bond donors (Lipinski definition) is 1. The summed E-state index contributed by atoms with van der Waals surface area (Å²) in [6.07, 6.45) is 0. The van der Waals surface area contributed by atoms with Crippen molar-refractivity contribution in [1.29, 1.82) is 0 Å². The number of nitro groups is 1. The number of amides is 1. The molecule has 1 amide bonds. The van der Waals surface area contributed by atoms with Crippen LogP contribution in [0.4, 0.5) is 5.69 Å². The molecule has 1 aromatic carbocycles. The first-order chi connectivity index (χ1) is 8.81. The fourth-order valence-corrected chi connectivity index (χ4v) is 1.39. The number of nitrogens with one attached hydrogen (secondary N) is 1. The number of rotatable bonds is 4. The molecule has 0 bridgehead atoms. The highest BCUT2D eigenvalue weighted by Gasteiger charge is 2.20. The van der Waals surface area contributed by atoms with E-state index in [1.807, 2.05) is 0 Å². The molecule has 0 radical (unpaired) electrons. The van der Waals surface area contributed by atoms with Crippen molar-refractivity contribution in [2.45, 2.75) is 26.8 Å². The molecule has 1 N–H and O–H groups in total. The van der Waals surface area contributed by atoms with Crippen molar-refractivity contribution in [3.63, 3.8) is 0 Å². The Labute approximate surface area is 109 Å². The van der Waals surface area contributed by atoms with E-state index < -0.39 is 22.5 Å². The van der Waals surface area contributed by atoms with E-state index in [1.165, 1.54) is 12.1 Å². The molecular weight excluding hydrogens is 252 g/mol. The summed E-state index contributed by atoms with van der Waals surface area (Å²) >= 11 is 0. The number of esters is 1. The first kappa shape index (κ1) is 14.6. The summed E-state index contributed by atoms with van der Waals surface area (Å²) in [5.41, 5.74) is -0.289. The number of nitrogens with zero attached hydrogens (tertiary/aromatic N) is 1. The molecule has 0 atom stereocenters. The SMILES string of the molecule is CC(=O)Oc1ccc(C(=O)NC(C)C)cc1[N+](=O)[O-]. The van der Waals surface area contributed by atoms with Gasteiger partial charge in [0.25, 0.3) is 5.91 Å². The lowest BCUT2D eigenvalue weighted by atomic mass is 10.1. The number of hydrogen-bond acceptors (Lipinski definition) is 5. The van der Waals surface area contributed by atoms with Crippen LogP contribution in [0.15, 0.2) is 18.2 Å². The van der Waals surface area contributed by atoms with E-state index in [0.29, 0.717) is 0 Å². The molecule has 19 heavy (non-hydrogen) atoms. The Morgan fingerprint density at radius 1 is 1.37 bits per heavy atom. The lowest BCUT2D eigenvalue weighted by Gasteiger charge is -2.09. The van der Waals surface area contributed by atoms with E-state index in [2.05, 4.69) is 5.32 Å². The van der Waals surface area contributed by atoms with E-state index in [1.54, 1.807) is 13.8 Å². The fraction of sp³-hybridized carbons (Fsp3) is 0.333. The second-order valence-electron chi connectivity index (χ2n) is 4.16. The van der Waals surface area contributed by atoms with Crippen LogP contribution in [0.5, 0.6) is 5.75 Å². The molecule has 0 aliphatic carbocycles. The van der Waals surface area contributed by atoms with Gasteiger partial charge in [0.2, 0.25) is 5.75 Å². The molecule has 0 spiro atoms. The maximum absolute atomic E-state index is 11.7. The predicted molar refractivity (Wildman–Crippen MR) is 67.0 cm³/mol. The molecule has 0 aromatic heterocycles. The molecule has 0 fully saturated rings. The van der Waals surface area contributed by atoms with Gasteiger partial charge in [-0.15, -0.1) is 0 Å². The average molecular weight is 266 g/mol. The molecular formula is C12H14N2O5. The van der Waals surface area contributed by atoms with E-state index in [4.69, 9.17) is 4.74 Å².